The first-order valence-electron chi connectivity index (χ1n) is 10.1. The Labute approximate surface area is 184 Å². The van der Waals surface area contributed by atoms with E-state index in [-0.39, 0.29) is 12.5 Å². The highest BCUT2D eigenvalue weighted by Crippen LogP contribution is 2.29. The molecule has 1 aliphatic heterocycles. The first-order chi connectivity index (χ1) is 15.0. The molecule has 2 amide bonds. The lowest BCUT2D eigenvalue weighted by Gasteiger charge is -2.25. The number of nitrogens with zero attached hydrogens (tertiary/aromatic N) is 2. The van der Waals surface area contributed by atoms with E-state index < -0.39 is 23.8 Å². The highest BCUT2D eigenvalue weighted by Gasteiger charge is 2.43. The number of carbonyl (C=O) groups excluding carboxylic acids is 3. The van der Waals surface area contributed by atoms with Crippen molar-refractivity contribution in [1.29, 1.82) is 0 Å². The van der Waals surface area contributed by atoms with Crippen LogP contribution in [-0.4, -0.2) is 33.7 Å². The summed E-state index contributed by atoms with van der Waals surface area (Å²) in [7, 11) is 0. The molecule has 1 aliphatic rings. The zero-order valence-corrected chi connectivity index (χ0v) is 18.1. The van der Waals surface area contributed by atoms with Crippen LogP contribution >= 0.6 is 11.3 Å². The van der Waals surface area contributed by atoms with Gasteiger partial charge in [-0.2, -0.15) is 0 Å². The summed E-state index contributed by atoms with van der Waals surface area (Å²) in [4.78, 5) is 44.9. The smallest absolute Gasteiger partial charge is 0.329 e. The third kappa shape index (κ3) is 4.27. The number of aromatic nitrogens is 1. The molecule has 31 heavy (non-hydrogen) atoms. The SMILES string of the molecule is CC(C)C[C@@H](C(=O)OCc1cnc(-c2ccccc2)s1)N1C(=O)c2ccccc2C1=O. The second-order valence-corrected chi connectivity index (χ2v) is 8.89. The molecule has 0 radical (unpaired) electrons. The average molecular weight is 435 g/mol. The molecule has 0 fully saturated rings. The fourth-order valence-corrected chi connectivity index (χ4v) is 4.40. The summed E-state index contributed by atoms with van der Waals surface area (Å²) in [5.41, 5.74) is 1.64. The first kappa shape index (κ1) is 20.9. The summed E-state index contributed by atoms with van der Waals surface area (Å²) >= 11 is 1.44. The van der Waals surface area contributed by atoms with Crippen LogP contribution in [0.15, 0.2) is 60.8 Å². The lowest BCUT2D eigenvalue weighted by Crippen LogP contribution is -2.46. The number of imide groups is 1. The molecule has 1 atom stereocenters. The summed E-state index contributed by atoms with van der Waals surface area (Å²) < 4.78 is 5.53. The van der Waals surface area contributed by atoms with Crippen LogP contribution in [0.5, 0.6) is 0 Å². The van der Waals surface area contributed by atoms with Crippen LogP contribution in [0, 0.1) is 5.92 Å². The van der Waals surface area contributed by atoms with Gasteiger partial charge in [-0.3, -0.25) is 14.5 Å². The van der Waals surface area contributed by atoms with E-state index in [2.05, 4.69) is 4.98 Å². The van der Waals surface area contributed by atoms with Gasteiger partial charge >= 0.3 is 5.97 Å². The van der Waals surface area contributed by atoms with Crippen molar-refractivity contribution in [3.05, 3.63) is 76.8 Å². The molecule has 1 aromatic heterocycles. The van der Waals surface area contributed by atoms with Gasteiger partial charge in [-0.05, 0) is 24.5 Å². The maximum atomic E-state index is 13.0. The van der Waals surface area contributed by atoms with Crippen LogP contribution in [0.1, 0.15) is 45.9 Å². The van der Waals surface area contributed by atoms with Crippen molar-refractivity contribution in [2.75, 3.05) is 0 Å². The van der Waals surface area contributed by atoms with Crippen LogP contribution in [0.3, 0.4) is 0 Å². The Balaban J connectivity index is 1.49. The maximum absolute atomic E-state index is 13.0. The van der Waals surface area contributed by atoms with Crippen molar-refractivity contribution < 1.29 is 19.1 Å². The molecular weight excluding hydrogens is 412 g/mol. The van der Waals surface area contributed by atoms with Gasteiger partial charge in [0.1, 0.15) is 17.7 Å². The lowest BCUT2D eigenvalue weighted by atomic mass is 10.0. The Bertz CT molecular complexity index is 1090. The Kier molecular flexibility index (Phi) is 5.95. The molecular formula is C24H22N2O4S. The monoisotopic (exact) mass is 434 g/mol. The van der Waals surface area contributed by atoms with Gasteiger partial charge in [0, 0.05) is 11.8 Å². The highest BCUT2D eigenvalue weighted by atomic mass is 32.1. The number of ether oxygens (including phenoxy) is 1. The molecule has 0 N–H and O–H groups in total. The summed E-state index contributed by atoms with van der Waals surface area (Å²) in [5, 5.41) is 0.839. The van der Waals surface area contributed by atoms with Crippen molar-refractivity contribution in [2.45, 2.75) is 32.9 Å². The third-order valence-electron chi connectivity index (χ3n) is 5.03. The molecule has 2 heterocycles. The third-order valence-corrected chi connectivity index (χ3v) is 6.05. The largest absolute Gasteiger partial charge is 0.458 e. The van der Waals surface area contributed by atoms with Gasteiger partial charge in [-0.1, -0.05) is 56.3 Å². The number of rotatable bonds is 7. The molecule has 0 unspecified atom stereocenters. The van der Waals surface area contributed by atoms with Gasteiger partial charge < -0.3 is 4.74 Å². The highest BCUT2D eigenvalue weighted by molar-refractivity contribution is 7.15. The van der Waals surface area contributed by atoms with Gasteiger partial charge in [-0.15, -0.1) is 11.3 Å². The number of thiazole rings is 1. The van der Waals surface area contributed by atoms with Gasteiger partial charge in [-0.25, -0.2) is 9.78 Å². The molecule has 0 aliphatic carbocycles. The number of carbonyl (C=O) groups is 3. The predicted molar refractivity (Wildman–Crippen MR) is 118 cm³/mol. The minimum Gasteiger partial charge on any atom is -0.458 e. The number of hydrogen-bond donors (Lipinski definition) is 0. The second-order valence-electron chi connectivity index (χ2n) is 7.78. The Hall–Kier alpha value is -3.32. The van der Waals surface area contributed by atoms with Crippen LogP contribution < -0.4 is 0 Å². The molecule has 0 saturated heterocycles. The Morgan fingerprint density at radius 3 is 2.23 bits per heavy atom. The fraction of sp³-hybridized carbons (Fsp3) is 0.250. The van der Waals surface area contributed by atoms with Crippen LogP contribution in [-0.2, 0) is 16.1 Å². The van der Waals surface area contributed by atoms with E-state index >= 15 is 0 Å². The Morgan fingerprint density at radius 2 is 1.61 bits per heavy atom. The van der Waals surface area contributed by atoms with Gasteiger partial charge in [0.2, 0.25) is 0 Å². The van der Waals surface area contributed by atoms with Crippen molar-refractivity contribution in [1.82, 2.24) is 9.88 Å². The van der Waals surface area contributed by atoms with E-state index in [1.807, 2.05) is 44.2 Å². The normalized spacial score (nSPS) is 14.1. The molecule has 0 bridgehead atoms. The summed E-state index contributed by atoms with van der Waals surface area (Å²) in [6, 6.07) is 15.4. The van der Waals surface area contributed by atoms with E-state index in [4.69, 9.17) is 4.74 Å². The van der Waals surface area contributed by atoms with Crippen LogP contribution in [0.4, 0.5) is 0 Å². The van der Waals surface area contributed by atoms with Gasteiger partial charge in [0.15, 0.2) is 0 Å². The molecule has 0 spiro atoms. The van der Waals surface area contributed by atoms with Gasteiger partial charge in [0.05, 0.1) is 16.0 Å². The van der Waals surface area contributed by atoms with E-state index in [1.54, 1.807) is 30.5 Å². The number of fused-ring (bicyclic) bond motifs is 1. The van der Waals surface area contributed by atoms with E-state index in [9.17, 15) is 14.4 Å². The molecule has 3 aromatic rings. The number of amides is 2. The standard InChI is InChI=1S/C24H22N2O4S/c1-15(2)12-20(26-22(27)18-10-6-7-11-19(18)23(26)28)24(29)30-14-17-13-25-21(31-17)16-8-4-3-5-9-16/h3-11,13,15,20H,12,14H2,1-2H3/t20-/m0/s1. The molecule has 6 nitrogen and oxygen atoms in total. The molecule has 4 rings (SSSR count). The topological polar surface area (TPSA) is 76.6 Å². The van der Waals surface area contributed by atoms with Crippen molar-refractivity contribution >= 4 is 29.1 Å². The number of benzene rings is 2. The fourth-order valence-electron chi connectivity index (χ4n) is 3.57. The lowest BCUT2D eigenvalue weighted by molar-refractivity contribution is -0.150. The first-order valence-corrected chi connectivity index (χ1v) is 10.9. The van der Waals surface area contributed by atoms with E-state index in [1.165, 1.54) is 11.3 Å². The van der Waals surface area contributed by atoms with Crippen LogP contribution in [0.25, 0.3) is 10.6 Å². The zero-order valence-electron chi connectivity index (χ0n) is 17.3. The quantitative estimate of drug-likeness (QED) is 0.402. The van der Waals surface area contributed by atoms with Crippen molar-refractivity contribution in [2.24, 2.45) is 5.92 Å². The molecule has 158 valence electrons. The molecule has 0 saturated carbocycles. The van der Waals surface area contributed by atoms with Gasteiger partial charge in [0.25, 0.3) is 11.8 Å². The number of esters is 1. The summed E-state index contributed by atoms with van der Waals surface area (Å²) in [5.74, 6) is -1.40. The summed E-state index contributed by atoms with van der Waals surface area (Å²) in [6.07, 6.45) is 2.02. The Morgan fingerprint density at radius 1 is 1.00 bits per heavy atom. The number of hydrogen-bond acceptors (Lipinski definition) is 6. The second kappa shape index (κ2) is 8.81. The van der Waals surface area contributed by atoms with E-state index in [0.717, 1.165) is 20.3 Å². The molecule has 2 aromatic carbocycles. The van der Waals surface area contributed by atoms with Crippen LogP contribution in [0.2, 0.25) is 0 Å². The summed E-state index contributed by atoms with van der Waals surface area (Å²) in [6.45, 7) is 3.92. The van der Waals surface area contributed by atoms with Crippen molar-refractivity contribution in [3.63, 3.8) is 0 Å². The maximum Gasteiger partial charge on any atom is 0.329 e. The van der Waals surface area contributed by atoms with Crippen molar-refractivity contribution in [3.8, 4) is 10.6 Å². The molecule has 7 heteroatoms. The zero-order chi connectivity index (χ0) is 22.0. The minimum absolute atomic E-state index is 0.0428. The van der Waals surface area contributed by atoms with E-state index in [0.29, 0.717) is 17.5 Å². The average Bonchev–Trinajstić information content (AvgIpc) is 3.35. The minimum atomic E-state index is -0.964. The predicted octanol–water partition coefficient (Wildman–Crippen LogP) is 4.56.